The van der Waals surface area contributed by atoms with Gasteiger partial charge in [-0.15, -0.1) is 11.8 Å². The minimum atomic E-state index is -0.0414. The fourth-order valence-corrected chi connectivity index (χ4v) is 4.41. The molecule has 0 bridgehead atoms. The van der Waals surface area contributed by atoms with Gasteiger partial charge in [0.1, 0.15) is 5.44 Å². The van der Waals surface area contributed by atoms with Crippen molar-refractivity contribution in [3.8, 4) is 0 Å². The van der Waals surface area contributed by atoms with Gasteiger partial charge in [-0.3, -0.25) is 0 Å². The Labute approximate surface area is 78.9 Å². The molecule has 0 spiro atoms. The lowest BCUT2D eigenvalue weighted by Crippen LogP contribution is -2.25. The zero-order valence-electron chi connectivity index (χ0n) is 7.70. The van der Waals surface area contributed by atoms with Crippen LogP contribution in [0, 0.1) is 11.8 Å². The zero-order valence-corrected chi connectivity index (χ0v) is 8.52. The quantitative estimate of drug-likeness (QED) is 0.679. The van der Waals surface area contributed by atoms with Gasteiger partial charge in [0.15, 0.2) is 0 Å². The van der Waals surface area contributed by atoms with Crippen molar-refractivity contribution in [1.82, 2.24) is 0 Å². The Kier molecular flexibility index (Phi) is 2.66. The first-order valence-electron chi connectivity index (χ1n) is 5.16. The van der Waals surface area contributed by atoms with Crippen molar-refractivity contribution in [1.29, 1.82) is 0 Å². The molecule has 0 radical (unpaired) electrons. The van der Waals surface area contributed by atoms with E-state index in [1.807, 2.05) is 11.8 Å². The van der Waals surface area contributed by atoms with E-state index in [0.29, 0.717) is 5.92 Å². The van der Waals surface area contributed by atoms with Crippen LogP contribution in [0.5, 0.6) is 0 Å². The molecule has 1 saturated heterocycles. The van der Waals surface area contributed by atoms with Crippen molar-refractivity contribution in [2.45, 2.75) is 49.7 Å². The van der Waals surface area contributed by atoms with E-state index >= 15 is 0 Å². The zero-order chi connectivity index (χ0) is 8.55. The molecule has 1 heterocycles. The summed E-state index contributed by atoms with van der Waals surface area (Å²) in [5.41, 5.74) is -0.0414. The third-order valence-corrected chi connectivity index (χ3v) is 5.10. The third-order valence-electron chi connectivity index (χ3n) is 3.44. The molecule has 2 rings (SSSR count). The maximum absolute atomic E-state index is 9.79. The number of aliphatic hydroxyl groups is 1. The number of rotatable bonds is 1. The van der Waals surface area contributed by atoms with Crippen LogP contribution in [0.3, 0.4) is 0 Å². The molecule has 12 heavy (non-hydrogen) atoms. The van der Waals surface area contributed by atoms with Gasteiger partial charge in [0.25, 0.3) is 0 Å². The van der Waals surface area contributed by atoms with Gasteiger partial charge in [0, 0.05) is 5.25 Å². The van der Waals surface area contributed by atoms with Crippen LogP contribution in [-0.4, -0.2) is 15.8 Å². The monoisotopic (exact) mass is 186 g/mol. The molecule has 2 aliphatic rings. The summed E-state index contributed by atoms with van der Waals surface area (Å²) in [4.78, 5) is 0. The molecule has 1 N–H and O–H groups in total. The van der Waals surface area contributed by atoms with Crippen molar-refractivity contribution < 1.29 is 5.11 Å². The molecule has 0 amide bonds. The van der Waals surface area contributed by atoms with Crippen LogP contribution < -0.4 is 0 Å². The van der Waals surface area contributed by atoms with E-state index in [2.05, 4.69) is 6.92 Å². The summed E-state index contributed by atoms with van der Waals surface area (Å²) >= 11 is 1.83. The first-order valence-corrected chi connectivity index (χ1v) is 6.10. The van der Waals surface area contributed by atoms with E-state index in [-0.39, 0.29) is 5.44 Å². The van der Waals surface area contributed by atoms with Crippen LogP contribution >= 0.6 is 11.8 Å². The molecule has 2 heteroatoms. The average molecular weight is 186 g/mol. The predicted octanol–water partition coefficient (Wildman–Crippen LogP) is 2.64. The highest BCUT2D eigenvalue weighted by Crippen LogP contribution is 2.49. The molecule has 1 aliphatic carbocycles. The Morgan fingerprint density at radius 1 is 1.25 bits per heavy atom. The highest BCUT2D eigenvalue weighted by atomic mass is 32.2. The van der Waals surface area contributed by atoms with Crippen molar-refractivity contribution in [3.05, 3.63) is 0 Å². The SMILES string of the molecule is CCC1S[C@@H](O)[C@H]2CCCCC12. The summed E-state index contributed by atoms with van der Waals surface area (Å²) in [6.45, 7) is 2.25. The molecule has 1 saturated carbocycles. The normalized spacial score (nSPS) is 47.5. The Bertz CT molecular complexity index is 160. The lowest BCUT2D eigenvalue weighted by molar-refractivity contribution is 0.126. The number of thioether (sulfide) groups is 1. The summed E-state index contributed by atoms with van der Waals surface area (Å²) < 4.78 is 0. The summed E-state index contributed by atoms with van der Waals surface area (Å²) in [5, 5.41) is 10.5. The lowest BCUT2D eigenvalue weighted by atomic mass is 9.77. The number of hydrogen-bond acceptors (Lipinski definition) is 2. The van der Waals surface area contributed by atoms with E-state index in [9.17, 15) is 5.11 Å². The second kappa shape index (κ2) is 3.59. The lowest BCUT2D eigenvalue weighted by Gasteiger charge is -2.28. The summed E-state index contributed by atoms with van der Waals surface area (Å²) in [6, 6.07) is 0. The first-order chi connectivity index (χ1) is 5.83. The molecule has 0 aromatic rings. The average Bonchev–Trinajstić information content (AvgIpc) is 2.44. The molecule has 1 aliphatic heterocycles. The van der Waals surface area contributed by atoms with E-state index in [1.165, 1.54) is 32.1 Å². The van der Waals surface area contributed by atoms with E-state index in [0.717, 1.165) is 11.2 Å². The first kappa shape index (κ1) is 8.89. The van der Waals surface area contributed by atoms with Gasteiger partial charge >= 0.3 is 0 Å². The van der Waals surface area contributed by atoms with E-state index < -0.39 is 0 Å². The third kappa shape index (κ3) is 1.39. The minimum absolute atomic E-state index is 0.0414. The van der Waals surface area contributed by atoms with Gasteiger partial charge in [-0.05, 0) is 31.1 Å². The molecular weight excluding hydrogens is 168 g/mol. The molecule has 0 aromatic carbocycles. The molecule has 0 aromatic heterocycles. The molecule has 2 fully saturated rings. The maximum Gasteiger partial charge on any atom is 0.103 e. The predicted molar refractivity (Wildman–Crippen MR) is 53.1 cm³/mol. The highest BCUT2D eigenvalue weighted by molar-refractivity contribution is 8.00. The van der Waals surface area contributed by atoms with Crippen LogP contribution in [0.2, 0.25) is 0 Å². The Balaban J connectivity index is 2.05. The summed E-state index contributed by atoms with van der Waals surface area (Å²) in [6.07, 6.45) is 6.62. The van der Waals surface area contributed by atoms with E-state index in [4.69, 9.17) is 0 Å². The van der Waals surface area contributed by atoms with Gasteiger partial charge in [0.2, 0.25) is 0 Å². The highest BCUT2D eigenvalue weighted by Gasteiger charge is 2.42. The van der Waals surface area contributed by atoms with Gasteiger partial charge in [-0.25, -0.2) is 0 Å². The summed E-state index contributed by atoms with van der Waals surface area (Å²) in [7, 11) is 0. The van der Waals surface area contributed by atoms with Crippen molar-refractivity contribution in [2.75, 3.05) is 0 Å². The fraction of sp³-hybridized carbons (Fsp3) is 1.00. The Hall–Kier alpha value is 0.310. The molecule has 2 unspecified atom stereocenters. The van der Waals surface area contributed by atoms with Gasteiger partial charge in [-0.1, -0.05) is 19.8 Å². The standard InChI is InChI=1S/C10H18OS/c1-2-9-7-5-3-4-6-8(7)10(11)12-9/h7-11H,2-6H2,1H3/t7?,8-,9?,10+/m0/s1. The van der Waals surface area contributed by atoms with Crippen LogP contribution in [-0.2, 0) is 0 Å². The minimum Gasteiger partial charge on any atom is -0.382 e. The fourth-order valence-electron chi connectivity index (χ4n) is 2.78. The largest absolute Gasteiger partial charge is 0.382 e. The van der Waals surface area contributed by atoms with Crippen molar-refractivity contribution in [3.63, 3.8) is 0 Å². The molecule has 1 nitrogen and oxygen atoms in total. The number of fused-ring (bicyclic) bond motifs is 1. The number of hydrogen-bond donors (Lipinski definition) is 1. The van der Waals surface area contributed by atoms with Gasteiger partial charge in [0.05, 0.1) is 0 Å². The smallest absolute Gasteiger partial charge is 0.103 e. The topological polar surface area (TPSA) is 20.2 Å². The second-order valence-electron chi connectivity index (χ2n) is 4.09. The molecular formula is C10H18OS. The van der Waals surface area contributed by atoms with Gasteiger partial charge < -0.3 is 5.11 Å². The molecule has 4 atom stereocenters. The Morgan fingerprint density at radius 3 is 2.58 bits per heavy atom. The maximum atomic E-state index is 9.79. The van der Waals surface area contributed by atoms with Crippen LogP contribution in [0.4, 0.5) is 0 Å². The Morgan fingerprint density at radius 2 is 1.92 bits per heavy atom. The molecule has 70 valence electrons. The van der Waals surface area contributed by atoms with Crippen molar-refractivity contribution >= 4 is 11.8 Å². The van der Waals surface area contributed by atoms with Crippen LogP contribution in [0.1, 0.15) is 39.0 Å². The van der Waals surface area contributed by atoms with Crippen LogP contribution in [0.15, 0.2) is 0 Å². The second-order valence-corrected chi connectivity index (χ2v) is 5.45. The number of aliphatic hydroxyl groups excluding tert-OH is 1. The summed E-state index contributed by atoms with van der Waals surface area (Å²) in [5.74, 6) is 1.47. The van der Waals surface area contributed by atoms with Crippen LogP contribution in [0.25, 0.3) is 0 Å². The van der Waals surface area contributed by atoms with E-state index in [1.54, 1.807) is 0 Å². The van der Waals surface area contributed by atoms with Crippen molar-refractivity contribution in [2.24, 2.45) is 11.8 Å². The van der Waals surface area contributed by atoms with Gasteiger partial charge in [-0.2, -0.15) is 0 Å².